The van der Waals surface area contributed by atoms with Gasteiger partial charge in [0.05, 0.1) is 18.6 Å². The third kappa shape index (κ3) is 19.8. The molecule has 3 aromatic carbocycles. The van der Waals surface area contributed by atoms with Gasteiger partial charge in [0.2, 0.25) is 5.78 Å². The Bertz CT molecular complexity index is 3970. The number of esters is 2. The van der Waals surface area contributed by atoms with Gasteiger partial charge in [0.15, 0.2) is 12.4 Å². The van der Waals surface area contributed by atoms with Crippen molar-refractivity contribution < 1.29 is 53.5 Å². The zero-order chi connectivity index (χ0) is 83.8. The van der Waals surface area contributed by atoms with Crippen LogP contribution in [0.3, 0.4) is 0 Å². The molecule has 0 unspecified atom stereocenters. The number of rotatable bonds is 30. The zero-order valence-corrected chi connectivity index (χ0v) is 75.7. The van der Waals surface area contributed by atoms with E-state index in [1.807, 2.05) is 61.5 Å². The number of aliphatic hydroxyl groups is 3. The maximum Gasteiger partial charge on any atom is 0.415 e. The standard InChI is InChI=1S/C39H59Cl2NO2.C35H45Cl2NO6.C23H31Cl2NO3/c1-27(2)7-6-8-28(3)34-15-16-35-33-14-11-30-26-32(17-19-38(30,4)36(33)18-20-39(34,35)5)44-37(43)25-29-9-12-31(13-10-29)42(23-21-40)24-22-41;1-33-14-12-26(39)20-24(33)8-11-27-28-13-15-35(43,34(28,2)21-29(40)32(27)33)30(41)22-44-31(42)5-3-4-23-6-9-25(10-7-23)38(18-16-36)19-17-37;1-23-9-8-18-17-5-3-16(29-22(28)26(12-10-24)13-11-25)14-15(17)2-4-19(18)20(23)6-7-21(23)27/h9-13,27-28,32-36H,6-8,14-26H2,1-5H3;6-7,9-10,12,14,20,27-29,32,40,43H,3-5,8,11,13,15-19,21-22H2,1-2H3;3,5,14,18-21,27H,2,4,6-13H2,1H3/t28-,32+,33+,34-,35+,36+,38+,39-;27-,28-,29-,32+,33-,34-,35-;18-,19-,20+,21+,23+/m111/s1. The van der Waals surface area contributed by atoms with Gasteiger partial charge in [0.1, 0.15) is 17.5 Å². The summed E-state index contributed by atoms with van der Waals surface area (Å²) >= 11 is 35.3. The van der Waals surface area contributed by atoms with E-state index in [4.69, 9.17) is 83.8 Å². The first-order valence-corrected chi connectivity index (χ1v) is 48.0. The van der Waals surface area contributed by atoms with Crippen LogP contribution in [0.2, 0.25) is 0 Å². The molecule has 1 amide bonds. The van der Waals surface area contributed by atoms with Crippen molar-refractivity contribution >= 4 is 111 Å². The van der Waals surface area contributed by atoms with Crippen LogP contribution < -0.4 is 14.5 Å². The quantitative estimate of drug-likeness (QED) is 0.0326. The third-order valence-electron chi connectivity index (χ3n) is 32.1. The number of aliphatic hydroxyl groups excluding tert-OH is 2. The van der Waals surface area contributed by atoms with Crippen LogP contribution >= 0.6 is 69.6 Å². The van der Waals surface area contributed by atoms with Crippen LogP contribution in [0, 0.1) is 92.2 Å². The van der Waals surface area contributed by atoms with Gasteiger partial charge < -0.3 is 44.2 Å². The molecule has 3 aromatic rings. The van der Waals surface area contributed by atoms with Crippen molar-refractivity contribution in [1.82, 2.24) is 4.90 Å². The predicted octanol–water partition coefficient (Wildman–Crippen LogP) is 21.1. The number of halogens is 6. The van der Waals surface area contributed by atoms with Crippen molar-refractivity contribution in [2.24, 2.45) is 92.2 Å². The molecule has 0 heterocycles. The fourth-order valence-electron chi connectivity index (χ4n) is 25.8. The molecule has 20 heteroatoms. The minimum atomic E-state index is -1.66. The van der Waals surface area contributed by atoms with Crippen LogP contribution in [0.5, 0.6) is 5.75 Å². The summed E-state index contributed by atoms with van der Waals surface area (Å²) in [6.45, 7) is 22.2. The van der Waals surface area contributed by atoms with Gasteiger partial charge in [-0.1, -0.05) is 128 Å². The molecule has 0 bridgehead atoms. The van der Waals surface area contributed by atoms with Crippen LogP contribution in [-0.4, -0.2) is 155 Å². The van der Waals surface area contributed by atoms with Crippen molar-refractivity contribution in [3.8, 4) is 5.75 Å². The lowest BCUT2D eigenvalue weighted by Gasteiger charge is -2.59. The Morgan fingerprint density at radius 3 is 1.89 bits per heavy atom. The van der Waals surface area contributed by atoms with Gasteiger partial charge in [0, 0.05) is 116 Å². The van der Waals surface area contributed by atoms with Crippen molar-refractivity contribution in [3.05, 3.63) is 124 Å². The lowest BCUT2D eigenvalue weighted by atomic mass is 9.46. The minimum absolute atomic E-state index is 0.0103. The summed E-state index contributed by atoms with van der Waals surface area (Å²) in [5.41, 5.74) is 7.62. The second kappa shape index (κ2) is 40.1. The van der Waals surface area contributed by atoms with E-state index in [1.54, 1.807) is 22.6 Å². The zero-order valence-electron chi connectivity index (χ0n) is 71.1. The van der Waals surface area contributed by atoms with Crippen LogP contribution in [0.4, 0.5) is 16.2 Å². The number of ketones is 2. The Labute approximate surface area is 729 Å². The molecule has 0 aromatic heterocycles. The number of carbonyl (C=O) groups is 5. The molecule has 11 aliphatic carbocycles. The first-order chi connectivity index (χ1) is 56.0. The molecule has 117 heavy (non-hydrogen) atoms. The number of Topliss-reactive ketones (excluding diaryl/α,β-unsaturated/α-hetero) is 1. The number of benzene rings is 3. The summed E-state index contributed by atoms with van der Waals surface area (Å²) in [4.78, 5) is 69.5. The Morgan fingerprint density at radius 2 is 1.23 bits per heavy atom. The number of carbonyl (C=O) groups excluding carboxylic acids is 5. The SMILES string of the molecule is CC(C)CCC[C@@H](C)[C@H]1CC[C@H]2[C@@H]3CC=C4C[C@@H](OC(=O)Cc5ccc(N(CCCl)CCCl)cc5)CC[C@]4(C)[C@H]3CC[C@]12C.C[C@@]12C=CC(=O)C=C1CC[C@H]1[C@H]2[C@H](O)C[C@]2(C)[C@@H]1CC[C@@]2(O)C(=O)COC(=O)CCCc1ccc(N(CCCl)CCCl)cc1.C[C@]12CC[C@@H]3c4ccc(OC(=O)N(CCCl)CCCl)cc4CC[C@H]3[C@@H]1CC[C@@H]2O. The topological polar surface area (TPSA) is 183 Å². The van der Waals surface area contributed by atoms with E-state index < -0.39 is 47.0 Å². The molecule has 0 spiro atoms. The molecule has 0 aliphatic heterocycles. The van der Waals surface area contributed by atoms with Gasteiger partial charge in [-0.2, -0.15) is 0 Å². The molecule has 14 rings (SSSR count). The van der Waals surface area contributed by atoms with E-state index in [0.717, 1.165) is 147 Å². The highest BCUT2D eigenvalue weighted by atomic mass is 35.5. The highest BCUT2D eigenvalue weighted by Gasteiger charge is 2.69. The average Bonchev–Trinajstić information content (AvgIpc) is 1.58. The van der Waals surface area contributed by atoms with Crippen LogP contribution in [0.25, 0.3) is 0 Å². The molecule has 0 saturated heterocycles. The molecule has 14 nitrogen and oxygen atoms in total. The minimum Gasteiger partial charge on any atom is -0.462 e. The number of allylic oxidation sites excluding steroid dienone is 5. The predicted molar refractivity (Wildman–Crippen MR) is 475 cm³/mol. The van der Waals surface area contributed by atoms with Crippen molar-refractivity contribution in [3.63, 3.8) is 0 Å². The van der Waals surface area contributed by atoms with E-state index in [1.165, 1.54) is 62.5 Å². The highest BCUT2D eigenvalue weighted by Crippen LogP contribution is 2.70. The summed E-state index contributed by atoms with van der Waals surface area (Å²) in [5.74, 6) is 9.43. The van der Waals surface area contributed by atoms with Gasteiger partial charge in [-0.25, -0.2) is 4.79 Å². The van der Waals surface area contributed by atoms with E-state index >= 15 is 0 Å². The fraction of sp³-hybridized carbons (Fsp3) is 0.701. The number of alkyl halides is 6. The van der Waals surface area contributed by atoms with E-state index in [2.05, 4.69) is 82.5 Å². The van der Waals surface area contributed by atoms with Crippen molar-refractivity contribution in [2.75, 3.05) is 91.0 Å². The molecule has 20 atom stereocenters. The van der Waals surface area contributed by atoms with Crippen LogP contribution in [0.15, 0.2) is 102 Å². The first kappa shape index (κ1) is 91.8. The van der Waals surface area contributed by atoms with Gasteiger partial charge in [0.25, 0.3) is 0 Å². The second-order valence-corrected chi connectivity index (χ2v) is 40.8. The number of nitrogens with zero attached hydrogens (tertiary/aromatic N) is 3. The van der Waals surface area contributed by atoms with E-state index in [9.17, 15) is 39.3 Å². The maximum atomic E-state index is 13.5. The Kier molecular flexibility index (Phi) is 31.5. The summed E-state index contributed by atoms with van der Waals surface area (Å²) in [6, 6.07) is 22.4. The molecule has 3 N–H and O–H groups in total. The highest BCUT2D eigenvalue weighted by molar-refractivity contribution is 6.19. The number of amides is 1. The summed E-state index contributed by atoms with van der Waals surface area (Å²) < 4.78 is 17.1. The van der Waals surface area contributed by atoms with Gasteiger partial charge in [-0.05, 0) is 281 Å². The largest absolute Gasteiger partial charge is 0.462 e. The first-order valence-electron chi connectivity index (χ1n) is 44.8. The van der Waals surface area contributed by atoms with Crippen LogP contribution in [-0.2, 0) is 47.9 Å². The lowest BCUT2D eigenvalue weighted by Crippen LogP contribution is -2.61. The molecule has 8 saturated carbocycles. The third-order valence-corrected chi connectivity index (χ3v) is 33.1. The Hall–Kier alpha value is -4.35. The number of ether oxygens (including phenoxy) is 3. The number of hydrogen-bond acceptors (Lipinski definition) is 13. The number of hydrogen-bond donors (Lipinski definition) is 3. The molecule has 646 valence electrons. The molecular formula is C97H135Cl6N3O11. The second-order valence-electron chi connectivity index (χ2n) is 38.6. The summed E-state index contributed by atoms with van der Waals surface area (Å²) in [7, 11) is 0. The monoisotopic (exact) mass is 1730 g/mol. The normalized spacial score (nSPS) is 33.6. The summed E-state index contributed by atoms with van der Waals surface area (Å²) in [5, 5.41) is 34.0. The Balaban J connectivity index is 0.000000165. The fourth-order valence-corrected chi connectivity index (χ4v) is 27.0. The molecular weight excluding hydrogens is 1600 g/mol. The Morgan fingerprint density at radius 1 is 0.607 bits per heavy atom. The molecule has 8 fully saturated rings. The number of anilines is 2. The van der Waals surface area contributed by atoms with E-state index in [-0.39, 0.29) is 71.8 Å². The molecule has 0 radical (unpaired) electrons. The van der Waals surface area contributed by atoms with Gasteiger partial charge in [-0.15, -0.1) is 69.6 Å². The smallest absolute Gasteiger partial charge is 0.415 e. The number of aryl methyl sites for hydroxylation is 2. The summed E-state index contributed by atoms with van der Waals surface area (Å²) in [6.07, 6.45) is 31.9. The maximum absolute atomic E-state index is 13.5. The van der Waals surface area contributed by atoms with Crippen molar-refractivity contribution in [2.45, 2.75) is 252 Å². The van der Waals surface area contributed by atoms with E-state index in [0.29, 0.717) is 116 Å². The van der Waals surface area contributed by atoms with Crippen molar-refractivity contribution in [1.29, 1.82) is 0 Å². The van der Waals surface area contributed by atoms with Gasteiger partial charge in [-0.3, -0.25) is 19.2 Å². The average molecular weight is 1730 g/mol. The molecule has 11 aliphatic rings. The lowest BCUT2D eigenvalue weighted by molar-refractivity contribution is -0.181. The number of fused-ring (bicyclic) bond motifs is 15. The van der Waals surface area contributed by atoms with Gasteiger partial charge >= 0.3 is 18.0 Å². The van der Waals surface area contributed by atoms with Crippen LogP contribution in [0.1, 0.15) is 231 Å².